The van der Waals surface area contributed by atoms with Gasteiger partial charge in [-0.2, -0.15) is 0 Å². The third kappa shape index (κ3) is 3.26. The highest BCUT2D eigenvalue weighted by molar-refractivity contribution is 7.98. The lowest BCUT2D eigenvalue weighted by Crippen LogP contribution is -1.81. The van der Waals surface area contributed by atoms with E-state index in [-0.39, 0.29) is 5.82 Å². The minimum Gasteiger partial charge on any atom is -0.207 e. The van der Waals surface area contributed by atoms with Gasteiger partial charge in [0.2, 0.25) is 0 Å². The quantitative estimate of drug-likeness (QED) is 0.327. The van der Waals surface area contributed by atoms with E-state index >= 15 is 0 Å². The first-order valence-electron chi connectivity index (χ1n) is 5.31. The maximum Gasteiger partial charge on any atom is 0.123 e. The van der Waals surface area contributed by atoms with Crippen LogP contribution in [0.4, 0.5) is 10.1 Å². The lowest BCUT2D eigenvalue weighted by atomic mass is 10.2. The number of hydrogen-bond donors (Lipinski definition) is 0. The summed E-state index contributed by atoms with van der Waals surface area (Å²) >= 11 is 1.56. The molecule has 18 heavy (non-hydrogen) atoms. The summed E-state index contributed by atoms with van der Waals surface area (Å²) in [5.41, 5.74) is 10.1. The molecule has 0 aliphatic carbocycles. The Kier molecular flexibility index (Phi) is 4.23. The molecule has 0 N–H and O–H groups in total. The smallest absolute Gasteiger partial charge is 0.123 e. The van der Waals surface area contributed by atoms with Crippen LogP contribution in [0.1, 0.15) is 5.56 Å². The number of benzene rings is 2. The highest BCUT2D eigenvalue weighted by Gasteiger charge is 2.01. The standard InChI is InChI=1S/C13H10FN3S/c14-11-7-5-10(6-8-11)9-18-13-4-2-1-3-12(13)16-17-15/h1-8H,9H2. The fourth-order valence-corrected chi connectivity index (χ4v) is 2.40. The third-order valence-electron chi connectivity index (χ3n) is 2.33. The Morgan fingerprint density at radius 2 is 1.83 bits per heavy atom. The molecule has 0 saturated carbocycles. The molecule has 3 nitrogen and oxygen atoms in total. The largest absolute Gasteiger partial charge is 0.207 e. The molecular weight excluding hydrogens is 249 g/mol. The van der Waals surface area contributed by atoms with E-state index in [0.29, 0.717) is 11.4 Å². The maximum atomic E-state index is 12.8. The van der Waals surface area contributed by atoms with Gasteiger partial charge >= 0.3 is 0 Å². The predicted molar refractivity (Wildman–Crippen MR) is 71.2 cm³/mol. The van der Waals surface area contributed by atoms with Crippen LogP contribution in [0.3, 0.4) is 0 Å². The van der Waals surface area contributed by atoms with Crippen molar-refractivity contribution in [1.29, 1.82) is 0 Å². The fourth-order valence-electron chi connectivity index (χ4n) is 1.45. The topological polar surface area (TPSA) is 48.8 Å². The van der Waals surface area contributed by atoms with E-state index in [1.807, 2.05) is 18.2 Å². The first kappa shape index (κ1) is 12.5. The van der Waals surface area contributed by atoms with Crippen molar-refractivity contribution in [1.82, 2.24) is 0 Å². The molecule has 0 spiro atoms. The summed E-state index contributed by atoms with van der Waals surface area (Å²) in [6.45, 7) is 0. The summed E-state index contributed by atoms with van der Waals surface area (Å²) in [6.07, 6.45) is 0. The van der Waals surface area contributed by atoms with Crippen molar-refractivity contribution in [3.8, 4) is 0 Å². The minimum atomic E-state index is -0.238. The number of hydrogen-bond acceptors (Lipinski definition) is 2. The molecule has 2 aromatic carbocycles. The van der Waals surface area contributed by atoms with E-state index in [9.17, 15) is 4.39 Å². The van der Waals surface area contributed by atoms with Gasteiger partial charge in [-0.05, 0) is 29.3 Å². The predicted octanol–water partition coefficient (Wildman–Crippen LogP) is 5.06. The molecule has 0 fully saturated rings. The summed E-state index contributed by atoms with van der Waals surface area (Å²) in [5.74, 6) is 0.469. The average Bonchev–Trinajstić information content (AvgIpc) is 2.40. The van der Waals surface area contributed by atoms with E-state index in [1.165, 1.54) is 12.1 Å². The van der Waals surface area contributed by atoms with E-state index in [2.05, 4.69) is 10.0 Å². The van der Waals surface area contributed by atoms with Crippen molar-refractivity contribution in [2.75, 3.05) is 0 Å². The Labute approximate surface area is 108 Å². The summed E-state index contributed by atoms with van der Waals surface area (Å²) in [6, 6.07) is 13.8. The molecule has 0 unspecified atom stereocenters. The first-order valence-corrected chi connectivity index (χ1v) is 6.29. The second kappa shape index (κ2) is 6.10. The van der Waals surface area contributed by atoms with Gasteiger partial charge in [0, 0.05) is 15.6 Å². The van der Waals surface area contributed by atoms with Crippen LogP contribution in [0.5, 0.6) is 0 Å². The Morgan fingerprint density at radius 3 is 2.56 bits per heavy atom. The van der Waals surface area contributed by atoms with Gasteiger partial charge in [-0.1, -0.05) is 35.4 Å². The van der Waals surface area contributed by atoms with E-state index in [4.69, 9.17) is 5.53 Å². The number of halogens is 1. The highest BCUT2D eigenvalue weighted by Crippen LogP contribution is 2.31. The maximum absolute atomic E-state index is 12.8. The van der Waals surface area contributed by atoms with Crippen LogP contribution in [-0.4, -0.2) is 0 Å². The van der Waals surface area contributed by atoms with E-state index in [0.717, 1.165) is 10.5 Å². The zero-order chi connectivity index (χ0) is 12.8. The number of rotatable bonds is 4. The van der Waals surface area contributed by atoms with Crippen molar-refractivity contribution < 1.29 is 4.39 Å². The summed E-state index contributed by atoms with van der Waals surface area (Å²) < 4.78 is 12.8. The minimum absolute atomic E-state index is 0.238. The van der Waals surface area contributed by atoms with Crippen molar-refractivity contribution in [2.45, 2.75) is 10.6 Å². The number of nitrogens with zero attached hydrogens (tertiary/aromatic N) is 3. The Balaban J connectivity index is 2.10. The lowest BCUT2D eigenvalue weighted by Gasteiger charge is -2.04. The van der Waals surface area contributed by atoms with Gasteiger partial charge in [0.05, 0.1) is 5.69 Å². The third-order valence-corrected chi connectivity index (χ3v) is 3.46. The van der Waals surface area contributed by atoms with Crippen LogP contribution >= 0.6 is 11.8 Å². The first-order chi connectivity index (χ1) is 8.79. The molecule has 0 aliphatic rings. The van der Waals surface area contributed by atoms with Crippen molar-refractivity contribution in [2.24, 2.45) is 5.11 Å². The van der Waals surface area contributed by atoms with Crippen LogP contribution in [0.25, 0.3) is 10.4 Å². The summed E-state index contributed by atoms with van der Waals surface area (Å²) in [5, 5.41) is 3.63. The molecule has 0 bridgehead atoms. The van der Waals surface area contributed by atoms with E-state index in [1.54, 1.807) is 30.0 Å². The summed E-state index contributed by atoms with van der Waals surface area (Å²) in [4.78, 5) is 3.71. The molecule has 2 rings (SSSR count). The van der Waals surface area contributed by atoms with E-state index < -0.39 is 0 Å². The highest BCUT2D eigenvalue weighted by atomic mass is 32.2. The van der Waals surface area contributed by atoms with Crippen molar-refractivity contribution >= 4 is 17.4 Å². The van der Waals surface area contributed by atoms with Crippen molar-refractivity contribution in [3.05, 3.63) is 70.4 Å². The molecule has 0 amide bonds. The van der Waals surface area contributed by atoms with Crippen molar-refractivity contribution in [3.63, 3.8) is 0 Å². The second-order valence-corrected chi connectivity index (χ2v) is 4.59. The molecule has 0 radical (unpaired) electrons. The van der Waals surface area contributed by atoms with Gasteiger partial charge in [0.25, 0.3) is 0 Å². The molecule has 0 aliphatic heterocycles. The molecule has 0 atom stereocenters. The molecule has 90 valence electrons. The SMILES string of the molecule is [N-]=[N+]=Nc1ccccc1SCc1ccc(F)cc1. The molecule has 2 aromatic rings. The molecular formula is C13H10FN3S. The average molecular weight is 259 g/mol. The Morgan fingerprint density at radius 1 is 1.11 bits per heavy atom. The Hall–Kier alpha value is -1.97. The molecule has 0 aromatic heterocycles. The van der Waals surface area contributed by atoms with Gasteiger partial charge in [-0.25, -0.2) is 4.39 Å². The Bertz CT molecular complexity index is 577. The van der Waals surface area contributed by atoms with Gasteiger partial charge in [-0.3, -0.25) is 0 Å². The van der Waals surface area contributed by atoms with Crippen LogP contribution in [0.15, 0.2) is 58.5 Å². The second-order valence-electron chi connectivity index (χ2n) is 3.57. The van der Waals surface area contributed by atoms with Gasteiger partial charge in [-0.15, -0.1) is 11.8 Å². The zero-order valence-electron chi connectivity index (χ0n) is 9.45. The molecule has 5 heteroatoms. The molecule has 0 heterocycles. The monoisotopic (exact) mass is 259 g/mol. The fraction of sp³-hybridized carbons (Fsp3) is 0.0769. The number of azide groups is 1. The normalized spacial score (nSPS) is 9.83. The zero-order valence-corrected chi connectivity index (χ0v) is 10.3. The van der Waals surface area contributed by atoms with Crippen LogP contribution in [0, 0.1) is 5.82 Å². The van der Waals surface area contributed by atoms with Crippen LogP contribution in [-0.2, 0) is 5.75 Å². The van der Waals surface area contributed by atoms with Gasteiger partial charge in [0.1, 0.15) is 5.82 Å². The summed E-state index contributed by atoms with van der Waals surface area (Å²) in [7, 11) is 0. The number of thioether (sulfide) groups is 1. The van der Waals surface area contributed by atoms with Crippen LogP contribution in [0.2, 0.25) is 0 Å². The van der Waals surface area contributed by atoms with Gasteiger partial charge < -0.3 is 0 Å². The molecule has 0 saturated heterocycles. The lowest BCUT2D eigenvalue weighted by molar-refractivity contribution is 0.627. The van der Waals surface area contributed by atoms with Crippen LogP contribution < -0.4 is 0 Å². The van der Waals surface area contributed by atoms with Gasteiger partial charge in [0.15, 0.2) is 0 Å².